The van der Waals surface area contributed by atoms with Crippen molar-refractivity contribution in [2.24, 2.45) is 4.99 Å². The highest BCUT2D eigenvalue weighted by Gasteiger charge is 2.07. The second-order valence-corrected chi connectivity index (χ2v) is 6.99. The van der Waals surface area contributed by atoms with Crippen molar-refractivity contribution in [3.8, 4) is 0 Å². The molecule has 8 heteroatoms. The van der Waals surface area contributed by atoms with E-state index in [9.17, 15) is 9.59 Å². The molecule has 2 rings (SSSR count). The molecule has 7 nitrogen and oxygen atoms in total. The lowest BCUT2D eigenvalue weighted by atomic mass is 10.1. The molecule has 0 spiro atoms. The molecule has 2 aromatic rings. The van der Waals surface area contributed by atoms with Crippen LogP contribution in [0.25, 0.3) is 0 Å². The number of amides is 2. The fourth-order valence-corrected chi connectivity index (χ4v) is 2.71. The molecule has 0 aliphatic carbocycles. The molecule has 0 aliphatic rings. The lowest BCUT2D eigenvalue weighted by Crippen LogP contribution is -2.38. The van der Waals surface area contributed by atoms with Gasteiger partial charge < -0.3 is 20.9 Å². The van der Waals surface area contributed by atoms with E-state index < -0.39 is 0 Å². The summed E-state index contributed by atoms with van der Waals surface area (Å²) in [6.45, 7) is 4.56. The van der Waals surface area contributed by atoms with Gasteiger partial charge in [0, 0.05) is 44.9 Å². The number of nitrogens with one attached hydrogen (secondary N) is 3. The Hall–Kier alpha value is -2.62. The first-order valence-electron chi connectivity index (χ1n) is 10.2. The van der Waals surface area contributed by atoms with Gasteiger partial charge in [0.05, 0.1) is 6.54 Å². The molecular weight excluding hydrogens is 505 g/mol. The lowest BCUT2D eigenvalue weighted by molar-refractivity contribution is 0.0827. The van der Waals surface area contributed by atoms with E-state index in [2.05, 4.69) is 20.9 Å². The smallest absolute Gasteiger partial charge is 0.253 e. The summed E-state index contributed by atoms with van der Waals surface area (Å²) in [5, 5.41) is 9.40. The monoisotopic (exact) mass is 537 g/mol. The summed E-state index contributed by atoms with van der Waals surface area (Å²) in [5.74, 6) is 0.645. The molecule has 0 aliphatic heterocycles. The number of halogens is 1. The van der Waals surface area contributed by atoms with E-state index >= 15 is 0 Å². The number of carbonyl (C=O) groups is 2. The van der Waals surface area contributed by atoms with Crippen LogP contribution in [0.4, 0.5) is 0 Å². The van der Waals surface area contributed by atoms with Gasteiger partial charge in [0.2, 0.25) is 0 Å². The third-order valence-electron chi connectivity index (χ3n) is 4.34. The summed E-state index contributed by atoms with van der Waals surface area (Å²) in [5.41, 5.74) is 2.35. The van der Waals surface area contributed by atoms with E-state index in [0.717, 1.165) is 24.5 Å². The minimum Gasteiger partial charge on any atom is -0.357 e. The van der Waals surface area contributed by atoms with Crippen LogP contribution in [-0.2, 0) is 6.54 Å². The molecule has 0 aromatic heterocycles. The molecule has 0 atom stereocenters. The second-order valence-electron chi connectivity index (χ2n) is 6.99. The molecule has 31 heavy (non-hydrogen) atoms. The zero-order valence-electron chi connectivity index (χ0n) is 18.4. The van der Waals surface area contributed by atoms with Crippen molar-refractivity contribution >= 4 is 41.8 Å². The van der Waals surface area contributed by atoms with E-state index in [1.807, 2.05) is 49.4 Å². The lowest BCUT2D eigenvalue weighted by Gasteiger charge is -2.12. The summed E-state index contributed by atoms with van der Waals surface area (Å²) in [6.07, 6.45) is 0.782. The van der Waals surface area contributed by atoms with Crippen molar-refractivity contribution in [1.82, 2.24) is 20.9 Å². The predicted octanol–water partition coefficient (Wildman–Crippen LogP) is 2.88. The first kappa shape index (κ1) is 26.4. The van der Waals surface area contributed by atoms with Crippen molar-refractivity contribution in [1.29, 1.82) is 0 Å². The third-order valence-corrected chi connectivity index (χ3v) is 4.34. The van der Waals surface area contributed by atoms with Gasteiger partial charge in [-0.25, -0.2) is 4.99 Å². The minimum absolute atomic E-state index is 0. The highest BCUT2D eigenvalue weighted by molar-refractivity contribution is 14.0. The number of hydrogen-bond donors (Lipinski definition) is 3. The first-order chi connectivity index (χ1) is 14.5. The fourth-order valence-electron chi connectivity index (χ4n) is 2.71. The Balaban J connectivity index is 0.00000480. The van der Waals surface area contributed by atoms with Gasteiger partial charge in [0.25, 0.3) is 11.8 Å². The van der Waals surface area contributed by atoms with E-state index in [1.54, 1.807) is 31.1 Å². The molecule has 0 unspecified atom stereocenters. The number of rotatable bonds is 9. The number of guanidine groups is 1. The molecule has 0 radical (unpaired) electrons. The van der Waals surface area contributed by atoms with E-state index in [1.165, 1.54) is 0 Å². The highest BCUT2D eigenvalue weighted by atomic mass is 127. The number of benzene rings is 2. The van der Waals surface area contributed by atoms with Gasteiger partial charge in [-0.1, -0.05) is 30.3 Å². The van der Waals surface area contributed by atoms with Crippen molar-refractivity contribution in [2.45, 2.75) is 19.9 Å². The van der Waals surface area contributed by atoms with Crippen molar-refractivity contribution in [2.75, 3.05) is 33.7 Å². The maximum atomic E-state index is 12.0. The third kappa shape index (κ3) is 9.37. The molecular formula is C23H32IN5O2. The number of aliphatic imine (C=N–C) groups is 1. The standard InChI is InChI=1S/C23H31N5O2.HI/c1-4-24-23(26-16-8-15-25-21(29)19-9-6-5-7-10-19)27-17-18-11-13-20(14-12-18)22(30)28(2)3;/h5-7,9-14H,4,8,15-17H2,1-3H3,(H,25,29)(H2,24,26,27);1H. The topological polar surface area (TPSA) is 85.8 Å². The molecule has 0 fully saturated rings. The molecule has 3 N–H and O–H groups in total. The zero-order chi connectivity index (χ0) is 21.8. The van der Waals surface area contributed by atoms with Crippen LogP contribution < -0.4 is 16.0 Å². The normalized spacial score (nSPS) is 10.6. The number of carbonyl (C=O) groups excluding carboxylic acids is 2. The van der Waals surface area contributed by atoms with Crippen molar-refractivity contribution < 1.29 is 9.59 Å². The Labute approximate surface area is 201 Å². The predicted molar refractivity (Wildman–Crippen MR) is 136 cm³/mol. The fraction of sp³-hybridized carbons (Fsp3) is 0.348. The summed E-state index contributed by atoms with van der Waals surface area (Å²) in [4.78, 5) is 30.1. The van der Waals surface area contributed by atoms with E-state index in [0.29, 0.717) is 30.8 Å². The maximum Gasteiger partial charge on any atom is 0.253 e. The molecule has 2 aromatic carbocycles. The molecule has 0 heterocycles. The quantitative estimate of drug-likeness (QED) is 0.199. The average molecular weight is 537 g/mol. The Morgan fingerprint density at radius 3 is 2.13 bits per heavy atom. The van der Waals surface area contributed by atoms with Crippen LogP contribution in [-0.4, -0.2) is 56.4 Å². The van der Waals surface area contributed by atoms with Crippen LogP contribution >= 0.6 is 24.0 Å². The molecule has 0 saturated heterocycles. The molecule has 0 bridgehead atoms. The summed E-state index contributed by atoms with van der Waals surface area (Å²) < 4.78 is 0. The van der Waals surface area contributed by atoms with Gasteiger partial charge in [-0.05, 0) is 43.2 Å². The van der Waals surface area contributed by atoms with Crippen LogP contribution in [0.1, 0.15) is 39.6 Å². The Bertz CT molecular complexity index is 839. The number of nitrogens with zero attached hydrogens (tertiary/aromatic N) is 2. The Morgan fingerprint density at radius 2 is 1.52 bits per heavy atom. The largest absolute Gasteiger partial charge is 0.357 e. The summed E-state index contributed by atoms with van der Waals surface area (Å²) in [7, 11) is 3.48. The van der Waals surface area contributed by atoms with Crippen molar-refractivity contribution in [3.05, 3.63) is 71.3 Å². The van der Waals surface area contributed by atoms with Gasteiger partial charge in [-0.3, -0.25) is 9.59 Å². The average Bonchev–Trinajstić information content (AvgIpc) is 2.77. The molecule has 168 valence electrons. The first-order valence-corrected chi connectivity index (χ1v) is 10.2. The van der Waals surface area contributed by atoms with Crippen LogP contribution in [0.5, 0.6) is 0 Å². The van der Waals surface area contributed by atoms with Crippen LogP contribution in [0.15, 0.2) is 59.6 Å². The Kier molecular flexibility index (Phi) is 12.3. The van der Waals surface area contributed by atoms with Gasteiger partial charge >= 0.3 is 0 Å². The SMILES string of the molecule is CCNC(=NCc1ccc(C(=O)N(C)C)cc1)NCCCNC(=O)c1ccccc1.I. The van der Waals surface area contributed by atoms with Gasteiger partial charge in [0.1, 0.15) is 0 Å². The second kappa shape index (κ2) is 14.4. The Morgan fingerprint density at radius 1 is 0.871 bits per heavy atom. The van der Waals surface area contributed by atoms with Gasteiger partial charge in [-0.2, -0.15) is 0 Å². The number of hydrogen-bond acceptors (Lipinski definition) is 3. The minimum atomic E-state index is -0.0626. The van der Waals surface area contributed by atoms with Gasteiger partial charge in [0.15, 0.2) is 5.96 Å². The molecule has 2 amide bonds. The maximum absolute atomic E-state index is 12.0. The zero-order valence-corrected chi connectivity index (χ0v) is 20.7. The molecule has 0 saturated carbocycles. The van der Waals surface area contributed by atoms with Crippen LogP contribution in [0.3, 0.4) is 0 Å². The highest BCUT2D eigenvalue weighted by Crippen LogP contribution is 2.07. The van der Waals surface area contributed by atoms with Crippen LogP contribution in [0, 0.1) is 0 Å². The van der Waals surface area contributed by atoms with E-state index in [4.69, 9.17) is 0 Å². The summed E-state index contributed by atoms with van der Waals surface area (Å²) in [6, 6.07) is 16.7. The van der Waals surface area contributed by atoms with E-state index in [-0.39, 0.29) is 35.8 Å². The van der Waals surface area contributed by atoms with Crippen molar-refractivity contribution in [3.63, 3.8) is 0 Å². The van der Waals surface area contributed by atoms with Gasteiger partial charge in [-0.15, -0.1) is 24.0 Å². The summed E-state index contributed by atoms with van der Waals surface area (Å²) >= 11 is 0. The van der Waals surface area contributed by atoms with Crippen LogP contribution in [0.2, 0.25) is 0 Å².